The van der Waals surface area contributed by atoms with Crippen molar-refractivity contribution in [2.75, 3.05) is 17.6 Å². The molecule has 1 saturated carbocycles. The summed E-state index contributed by atoms with van der Waals surface area (Å²) in [6.45, 7) is 2.89. The first-order valence-corrected chi connectivity index (χ1v) is 6.53. The summed E-state index contributed by atoms with van der Waals surface area (Å²) < 4.78 is 0. The number of anilines is 2. The third-order valence-corrected chi connectivity index (χ3v) is 3.33. The third kappa shape index (κ3) is 2.65. The van der Waals surface area contributed by atoms with Crippen LogP contribution in [0.5, 0.6) is 0 Å². The molecule has 0 aromatic carbocycles. The van der Waals surface area contributed by atoms with Gasteiger partial charge in [-0.2, -0.15) is 0 Å². The summed E-state index contributed by atoms with van der Waals surface area (Å²) >= 11 is 0. The average Bonchev–Trinajstić information content (AvgIpc) is 3.25. The summed E-state index contributed by atoms with van der Waals surface area (Å²) in [7, 11) is 0. The molecule has 0 unspecified atom stereocenters. The highest BCUT2D eigenvalue weighted by Gasteiger charge is 2.21. The zero-order chi connectivity index (χ0) is 13.2. The summed E-state index contributed by atoms with van der Waals surface area (Å²) in [4.78, 5) is 13.1. The Hall–Kier alpha value is -2.17. The van der Waals surface area contributed by atoms with Crippen molar-refractivity contribution in [2.24, 2.45) is 5.92 Å². The fourth-order valence-electron chi connectivity index (χ4n) is 1.88. The summed E-state index contributed by atoms with van der Waals surface area (Å²) in [6, 6.07) is 5.67. The lowest BCUT2D eigenvalue weighted by atomic mass is 10.2. The predicted octanol–water partition coefficient (Wildman–Crippen LogP) is 2.25. The van der Waals surface area contributed by atoms with E-state index in [1.807, 2.05) is 25.1 Å². The Morgan fingerprint density at radius 2 is 2.16 bits per heavy atom. The fraction of sp³-hybridized carbons (Fsp3) is 0.357. The van der Waals surface area contributed by atoms with Gasteiger partial charge in [0.05, 0.1) is 0 Å². The second-order valence-electron chi connectivity index (χ2n) is 4.95. The van der Waals surface area contributed by atoms with Crippen molar-refractivity contribution in [3.05, 3.63) is 30.0 Å². The normalized spacial score (nSPS) is 14.4. The van der Waals surface area contributed by atoms with Gasteiger partial charge >= 0.3 is 0 Å². The van der Waals surface area contributed by atoms with Gasteiger partial charge in [0, 0.05) is 18.3 Å². The molecule has 3 N–H and O–H groups in total. The lowest BCUT2D eigenvalue weighted by Crippen LogP contribution is -2.10. The summed E-state index contributed by atoms with van der Waals surface area (Å²) in [5.41, 5.74) is 7.60. The van der Waals surface area contributed by atoms with Crippen LogP contribution in [-0.4, -0.2) is 21.5 Å². The third-order valence-electron chi connectivity index (χ3n) is 3.33. The number of pyridine rings is 1. The van der Waals surface area contributed by atoms with Crippen LogP contribution >= 0.6 is 0 Å². The number of hydrogen-bond donors (Lipinski definition) is 2. The molecule has 19 heavy (non-hydrogen) atoms. The second-order valence-corrected chi connectivity index (χ2v) is 4.95. The van der Waals surface area contributed by atoms with E-state index >= 15 is 0 Å². The van der Waals surface area contributed by atoms with Gasteiger partial charge in [-0.1, -0.05) is 6.07 Å². The number of nitrogens with zero attached hydrogens (tertiary/aromatic N) is 3. The van der Waals surface area contributed by atoms with Crippen molar-refractivity contribution in [3.63, 3.8) is 0 Å². The van der Waals surface area contributed by atoms with Crippen LogP contribution in [0.1, 0.15) is 18.4 Å². The molecule has 1 aliphatic rings. The maximum absolute atomic E-state index is 5.96. The van der Waals surface area contributed by atoms with E-state index in [-0.39, 0.29) is 0 Å². The highest BCUT2D eigenvalue weighted by molar-refractivity contribution is 5.61. The maximum Gasteiger partial charge on any atom is 0.182 e. The summed E-state index contributed by atoms with van der Waals surface area (Å²) in [5, 5.41) is 3.37. The molecule has 0 atom stereocenters. The zero-order valence-corrected chi connectivity index (χ0v) is 10.9. The molecule has 0 bridgehead atoms. The SMILES string of the molecule is Cc1c(N)nc(-c2ccccn2)nc1NCC1CC1. The van der Waals surface area contributed by atoms with Crippen LogP contribution in [0.2, 0.25) is 0 Å². The Morgan fingerprint density at radius 3 is 2.84 bits per heavy atom. The molecule has 2 aromatic heterocycles. The van der Waals surface area contributed by atoms with Crippen molar-refractivity contribution < 1.29 is 0 Å². The van der Waals surface area contributed by atoms with Crippen LogP contribution in [-0.2, 0) is 0 Å². The number of hydrogen-bond acceptors (Lipinski definition) is 5. The van der Waals surface area contributed by atoms with Crippen LogP contribution in [0.3, 0.4) is 0 Å². The standard InChI is InChI=1S/C14H17N5/c1-9-12(15)18-14(11-4-2-3-7-16-11)19-13(9)17-8-10-5-6-10/h2-4,7,10H,5-6,8H2,1H3,(H3,15,17,18,19). The molecule has 5 heteroatoms. The van der Waals surface area contributed by atoms with E-state index in [9.17, 15) is 0 Å². The van der Waals surface area contributed by atoms with Crippen LogP contribution in [0.15, 0.2) is 24.4 Å². The van der Waals surface area contributed by atoms with Gasteiger partial charge in [0.25, 0.3) is 0 Å². The molecule has 0 amide bonds. The van der Waals surface area contributed by atoms with Gasteiger partial charge in [-0.05, 0) is 37.8 Å². The van der Waals surface area contributed by atoms with Gasteiger partial charge < -0.3 is 11.1 Å². The van der Waals surface area contributed by atoms with Crippen LogP contribution in [0.25, 0.3) is 11.5 Å². The monoisotopic (exact) mass is 255 g/mol. The predicted molar refractivity (Wildman–Crippen MR) is 75.6 cm³/mol. The van der Waals surface area contributed by atoms with Gasteiger partial charge in [-0.25, -0.2) is 9.97 Å². The Labute approximate surface area is 112 Å². The van der Waals surface area contributed by atoms with Crippen molar-refractivity contribution in [2.45, 2.75) is 19.8 Å². The van der Waals surface area contributed by atoms with Gasteiger partial charge in [0.2, 0.25) is 0 Å². The van der Waals surface area contributed by atoms with E-state index in [1.54, 1.807) is 6.20 Å². The van der Waals surface area contributed by atoms with Gasteiger partial charge in [0.1, 0.15) is 17.3 Å². The molecule has 5 nitrogen and oxygen atoms in total. The lowest BCUT2D eigenvalue weighted by Gasteiger charge is -2.11. The largest absolute Gasteiger partial charge is 0.383 e. The van der Waals surface area contributed by atoms with E-state index in [0.717, 1.165) is 29.5 Å². The number of aromatic nitrogens is 3. The minimum absolute atomic E-state index is 0.508. The first kappa shape index (κ1) is 11.9. The molecule has 2 heterocycles. The quantitative estimate of drug-likeness (QED) is 0.876. The van der Waals surface area contributed by atoms with E-state index in [0.29, 0.717) is 11.6 Å². The van der Waals surface area contributed by atoms with E-state index in [4.69, 9.17) is 5.73 Å². The van der Waals surface area contributed by atoms with Gasteiger partial charge in [0.15, 0.2) is 5.82 Å². The smallest absolute Gasteiger partial charge is 0.182 e. The van der Waals surface area contributed by atoms with Crippen molar-refractivity contribution in [3.8, 4) is 11.5 Å². The number of nitrogens with one attached hydrogen (secondary N) is 1. The molecular weight excluding hydrogens is 238 g/mol. The lowest BCUT2D eigenvalue weighted by molar-refractivity contribution is 0.879. The van der Waals surface area contributed by atoms with E-state index in [1.165, 1.54) is 12.8 Å². The molecule has 0 spiro atoms. The number of nitrogen functional groups attached to an aromatic ring is 1. The highest BCUT2D eigenvalue weighted by atomic mass is 15.1. The summed E-state index contributed by atoms with van der Waals surface area (Å²) in [5.74, 6) is 2.69. The van der Waals surface area contributed by atoms with E-state index < -0.39 is 0 Å². The average molecular weight is 255 g/mol. The number of rotatable bonds is 4. The zero-order valence-electron chi connectivity index (χ0n) is 10.9. The maximum atomic E-state index is 5.96. The Balaban J connectivity index is 1.92. The van der Waals surface area contributed by atoms with E-state index in [2.05, 4.69) is 20.3 Å². The molecule has 1 fully saturated rings. The first-order chi connectivity index (χ1) is 9.24. The Bertz CT molecular complexity index is 578. The van der Waals surface area contributed by atoms with Crippen LogP contribution in [0, 0.1) is 12.8 Å². The fourth-order valence-corrected chi connectivity index (χ4v) is 1.88. The molecular formula is C14H17N5. The Morgan fingerprint density at radius 1 is 1.32 bits per heavy atom. The molecule has 0 saturated heterocycles. The minimum Gasteiger partial charge on any atom is -0.383 e. The summed E-state index contributed by atoms with van der Waals surface area (Å²) in [6.07, 6.45) is 4.34. The molecule has 2 aromatic rings. The van der Waals surface area contributed by atoms with Crippen molar-refractivity contribution >= 4 is 11.6 Å². The topological polar surface area (TPSA) is 76.7 Å². The highest BCUT2D eigenvalue weighted by Crippen LogP contribution is 2.30. The molecule has 98 valence electrons. The van der Waals surface area contributed by atoms with Gasteiger partial charge in [-0.3, -0.25) is 4.98 Å². The first-order valence-electron chi connectivity index (χ1n) is 6.53. The molecule has 1 aliphatic carbocycles. The van der Waals surface area contributed by atoms with Crippen LogP contribution < -0.4 is 11.1 Å². The second kappa shape index (κ2) is 4.84. The Kier molecular flexibility index (Phi) is 3.03. The van der Waals surface area contributed by atoms with Crippen molar-refractivity contribution in [1.82, 2.24) is 15.0 Å². The number of nitrogens with two attached hydrogens (primary N) is 1. The van der Waals surface area contributed by atoms with Crippen molar-refractivity contribution in [1.29, 1.82) is 0 Å². The molecule has 3 rings (SSSR count). The molecule has 0 aliphatic heterocycles. The van der Waals surface area contributed by atoms with Gasteiger partial charge in [-0.15, -0.1) is 0 Å². The molecule has 0 radical (unpaired) electrons. The minimum atomic E-state index is 0.508. The van der Waals surface area contributed by atoms with Crippen LogP contribution in [0.4, 0.5) is 11.6 Å².